The second-order valence-electron chi connectivity index (χ2n) is 2.53. The highest BCUT2D eigenvalue weighted by molar-refractivity contribution is 4.59. The maximum absolute atomic E-state index is 12.1. The molecule has 0 rings (SSSR count). The lowest BCUT2D eigenvalue weighted by Crippen LogP contribution is -2.40. The molecule has 2 nitrogen and oxygen atoms in total. The molecule has 0 unspecified atom stereocenters. The molecule has 0 amide bonds. The lowest BCUT2D eigenvalue weighted by molar-refractivity contribution is -0.410. The fraction of sp³-hybridized carbons (Fsp3) is 1.00. The average Bonchev–Trinajstić information content (AvgIpc) is 2.00. The fourth-order valence-corrected chi connectivity index (χ4v) is 0.569. The first kappa shape index (κ1) is 15.4. The summed E-state index contributed by atoms with van der Waals surface area (Å²) in [6, 6.07) is 0. The molecule has 0 atom stereocenters. The third-order valence-corrected chi connectivity index (χ3v) is 1.15. The van der Waals surface area contributed by atoms with Crippen molar-refractivity contribution in [1.82, 2.24) is 0 Å². The molecule has 98 valence electrons. The van der Waals surface area contributed by atoms with E-state index in [0.29, 0.717) is 6.92 Å². The minimum absolute atomic E-state index is 0.354. The van der Waals surface area contributed by atoms with Gasteiger partial charge < -0.3 is 0 Å². The van der Waals surface area contributed by atoms with E-state index in [0.717, 1.165) is 0 Å². The van der Waals surface area contributed by atoms with Gasteiger partial charge in [-0.3, -0.25) is 9.47 Å². The van der Waals surface area contributed by atoms with Crippen molar-refractivity contribution < 1.29 is 44.6 Å². The number of hydrogen-bond acceptors (Lipinski definition) is 2. The van der Waals surface area contributed by atoms with Crippen molar-refractivity contribution in [3.63, 3.8) is 0 Å². The monoisotopic (exact) mass is 262 g/mol. The van der Waals surface area contributed by atoms with E-state index in [1.165, 1.54) is 0 Å². The quantitative estimate of drug-likeness (QED) is 0.541. The zero-order chi connectivity index (χ0) is 13.1. The fourth-order valence-electron chi connectivity index (χ4n) is 0.569. The third-order valence-electron chi connectivity index (χ3n) is 1.15. The van der Waals surface area contributed by atoms with Gasteiger partial charge in [0, 0.05) is 0 Å². The first-order valence-corrected chi connectivity index (χ1v) is 3.66. The Hall–Kier alpha value is -0.640. The predicted molar refractivity (Wildman–Crippen MR) is 33.5 cm³/mol. The lowest BCUT2D eigenvalue weighted by atomic mass is 10.6. The van der Waals surface area contributed by atoms with Crippen LogP contribution in [0, 0.1) is 0 Å². The van der Waals surface area contributed by atoms with Gasteiger partial charge in [-0.15, -0.1) is 0 Å². The Morgan fingerprint density at radius 1 is 0.750 bits per heavy atom. The second kappa shape index (κ2) is 5.13. The zero-order valence-electron chi connectivity index (χ0n) is 7.57. The minimum Gasteiger partial charge on any atom is -0.286 e. The van der Waals surface area contributed by atoms with Gasteiger partial charge in [0.1, 0.15) is 0 Å². The van der Waals surface area contributed by atoms with Gasteiger partial charge in [-0.05, 0) is 6.92 Å². The van der Waals surface area contributed by atoms with Crippen molar-refractivity contribution >= 4 is 0 Å². The van der Waals surface area contributed by atoms with Crippen LogP contribution in [0.25, 0.3) is 0 Å². The minimum atomic E-state index is -5.06. The molecule has 10 heteroatoms. The van der Waals surface area contributed by atoms with Crippen LogP contribution in [0.3, 0.4) is 0 Å². The van der Waals surface area contributed by atoms with Gasteiger partial charge in [0.25, 0.3) is 0 Å². The summed E-state index contributed by atoms with van der Waals surface area (Å²) < 4.78 is 100. The van der Waals surface area contributed by atoms with Crippen molar-refractivity contribution in [1.29, 1.82) is 0 Å². The van der Waals surface area contributed by atoms with E-state index in [9.17, 15) is 35.1 Å². The maximum atomic E-state index is 12.1. The van der Waals surface area contributed by atoms with Crippen LogP contribution in [-0.4, -0.2) is 31.4 Å². The molecule has 0 aliphatic carbocycles. The highest BCUT2D eigenvalue weighted by Crippen LogP contribution is 2.30. The van der Waals surface area contributed by atoms with E-state index >= 15 is 0 Å². The molecule has 0 saturated heterocycles. The summed E-state index contributed by atoms with van der Waals surface area (Å²) in [5, 5.41) is 0. The summed E-state index contributed by atoms with van der Waals surface area (Å²) in [5.41, 5.74) is 0. The summed E-state index contributed by atoms with van der Waals surface area (Å²) in [4.78, 5) is 0. The van der Waals surface area contributed by atoms with E-state index in [-0.39, 0.29) is 0 Å². The van der Waals surface area contributed by atoms with Crippen LogP contribution in [0.15, 0.2) is 0 Å². The van der Waals surface area contributed by atoms with Gasteiger partial charge in [0.05, 0.1) is 0 Å². The highest BCUT2D eigenvalue weighted by Gasteiger charge is 2.48. The van der Waals surface area contributed by atoms with Gasteiger partial charge in [-0.25, -0.2) is 17.6 Å². The Kier molecular flexibility index (Phi) is 4.92. The Labute approximate surface area is 84.1 Å². The molecule has 0 fully saturated rings. The summed E-state index contributed by atoms with van der Waals surface area (Å²) >= 11 is 0. The Morgan fingerprint density at radius 3 is 1.19 bits per heavy atom. The zero-order valence-corrected chi connectivity index (χ0v) is 7.57. The Morgan fingerprint density at radius 2 is 1.00 bits per heavy atom. The van der Waals surface area contributed by atoms with Crippen molar-refractivity contribution in [2.75, 3.05) is 0 Å². The number of halogens is 8. The molecule has 0 aromatic heterocycles. The van der Waals surface area contributed by atoms with Crippen LogP contribution in [0.5, 0.6) is 0 Å². The number of alkyl halides is 8. The molecule has 0 aromatic rings. The van der Waals surface area contributed by atoms with Gasteiger partial charge in [0.2, 0.25) is 0 Å². The summed E-state index contributed by atoms with van der Waals surface area (Å²) in [5.74, 6) is 0. The average molecular weight is 262 g/mol. The molecule has 0 aliphatic heterocycles. The van der Waals surface area contributed by atoms with Gasteiger partial charge in [-0.1, -0.05) is 0 Å². The molecule has 0 aliphatic rings. The van der Waals surface area contributed by atoms with Crippen molar-refractivity contribution in [2.45, 2.75) is 38.3 Å². The summed E-state index contributed by atoms with van der Waals surface area (Å²) in [6.45, 7) is 0.354. The van der Waals surface area contributed by atoms with Crippen LogP contribution < -0.4 is 0 Å². The van der Waals surface area contributed by atoms with E-state index < -0.39 is 31.4 Å². The van der Waals surface area contributed by atoms with E-state index in [2.05, 4.69) is 9.47 Å². The van der Waals surface area contributed by atoms with Crippen LogP contribution in [0.4, 0.5) is 35.1 Å². The molecular weight excluding hydrogens is 256 g/mol. The molecule has 0 bridgehead atoms. The van der Waals surface area contributed by atoms with Gasteiger partial charge in [0.15, 0.2) is 6.29 Å². The molecule has 16 heavy (non-hydrogen) atoms. The number of hydrogen-bond donors (Lipinski definition) is 0. The normalized spacial score (nSPS) is 14.2. The largest absolute Gasteiger partial charge is 0.418 e. The van der Waals surface area contributed by atoms with E-state index in [1.54, 1.807) is 0 Å². The first-order chi connectivity index (χ1) is 6.99. The molecular formula is C6H6F8O2. The molecule has 0 aromatic carbocycles. The highest BCUT2D eigenvalue weighted by atomic mass is 19.3. The molecule has 0 radical (unpaired) electrons. The molecule has 0 saturated carbocycles. The van der Waals surface area contributed by atoms with Crippen molar-refractivity contribution in [3.05, 3.63) is 0 Å². The first-order valence-electron chi connectivity index (χ1n) is 3.66. The Bertz CT molecular complexity index is 197. The maximum Gasteiger partial charge on any atom is 0.418 e. The number of ether oxygens (including phenoxy) is 2. The summed E-state index contributed by atoms with van der Waals surface area (Å²) in [7, 11) is 0. The lowest BCUT2D eigenvalue weighted by Gasteiger charge is -2.24. The van der Waals surface area contributed by atoms with Crippen LogP contribution in [0.2, 0.25) is 0 Å². The second-order valence-corrected chi connectivity index (χ2v) is 2.53. The Balaban J connectivity index is 4.34. The number of rotatable bonds is 6. The van der Waals surface area contributed by atoms with E-state index in [4.69, 9.17) is 0 Å². The topological polar surface area (TPSA) is 18.5 Å². The standard InChI is InChI=1S/C6H6F8O2/c1-2(15-5(11,12)3(7)8)16-6(13,14)4(9)10/h2-4H,1H3. The summed E-state index contributed by atoms with van der Waals surface area (Å²) in [6.07, 6.45) is -21.3. The van der Waals surface area contributed by atoms with Crippen LogP contribution >= 0.6 is 0 Å². The molecule has 0 N–H and O–H groups in total. The predicted octanol–water partition coefficient (Wildman–Crippen LogP) is 3.08. The van der Waals surface area contributed by atoms with Gasteiger partial charge in [-0.2, -0.15) is 17.6 Å². The molecule has 0 heterocycles. The van der Waals surface area contributed by atoms with Gasteiger partial charge >= 0.3 is 25.1 Å². The third kappa shape index (κ3) is 4.47. The van der Waals surface area contributed by atoms with E-state index in [1.807, 2.05) is 0 Å². The van der Waals surface area contributed by atoms with Crippen LogP contribution in [-0.2, 0) is 9.47 Å². The molecule has 0 spiro atoms. The van der Waals surface area contributed by atoms with Crippen LogP contribution in [0.1, 0.15) is 6.92 Å². The smallest absolute Gasteiger partial charge is 0.286 e. The SMILES string of the molecule is CC(OC(F)(F)C(F)F)OC(F)(F)C(F)F. The van der Waals surface area contributed by atoms with Crippen molar-refractivity contribution in [2.24, 2.45) is 0 Å². The van der Waals surface area contributed by atoms with Crippen molar-refractivity contribution in [3.8, 4) is 0 Å².